The predicted molar refractivity (Wildman–Crippen MR) is 130 cm³/mol. The Kier molecular flexibility index (Phi) is 8.14. The van der Waals surface area contributed by atoms with Gasteiger partial charge >= 0.3 is 5.97 Å². The lowest BCUT2D eigenvalue weighted by Crippen LogP contribution is -2.49. The third kappa shape index (κ3) is 4.89. The molecule has 0 radical (unpaired) electrons. The number of hydrogen-bond acceptors (Lipinski definition) is 5. The molecular weight excluding hydrogens is 526 g/mol. The Morgan fingerprint density at radius 1 is 0.882 bits per heavy atom. The van der Waals surface area contributed by atoms with Crippen molar-refractivity contribution in [2.75, 3.05) is 6.61 Å². The molecule has 3 rings (SSSR count). The SMILES string of the molecule is CC(C)[C@@H](C(=O)OCC(=O)N[C@@H](C)c1ccccc1)N1C(=O)c2c(Cl)c(Cl)c(Cl)c(Cl)c2C1=O. The van der Waals surface area contributed by atoms with E-state index in [4.69, 9.17) is 51.1 Å². The molecule has 0 aliphatic carbocycles. The minimum atomic E-state index is -1.34. The van der Waals surface area contributed by atoms with Gasteiger partial charge in [0.05, 0.1) is 37.3 Å². The monoisotopic (exact) mass is 544 g/mol. The number of carbonyl (C=O) groups is 4. The number of nitrogens with one attached hydrogen (secondary N) is 1. The van der Waals surface area contributed by atoms with E-state index in [0.717, 1.165) is 5.56 Å². The molecule has 2 aromatic rings. The second-order valence-corrected chi connectivity index (χ2v) is 9.49. The van der Waals surface area contributed by atoms with Crippen LogP contribution >= 0.6 is 46.4 Å². The van der Waals surface area contributed by atoms with Crippen LogP contribution in [0.4, 0.5) is 0 Å². The zero-order valence-electron chi connectivity index (χ0n) is 18.3. The number of hydrogen-bond donors (Lipinski definition) is 1. The van der Waals surface area contributed by atoms with Crippen LogP contribution in [0.3, 0.4) is 0 Å². The minimum Gasteiger partial charge on any atom is -0.454 e. The molecule has 180 valence electrons. The number of esters is 1. The second-order valence-electron chi connectivity index (χ2n) is 7.98. The maximum atomic E-state index is 13.1. The Morgan fingerprint density at radius 2 is 1.38 bits per heavy atom. The molecule has 2 atom stereocenters. The van der Waals surface area contributed by atoms with Gasteiger partial charge in [0.25, 0.3) is 17.7 Å². The molecule has 3 amide bonds. The molecule has 1 N–H and O–H groups in total. The van der Waals surface area contributed by atoms with Gasteiger partial charge in [-0.2, -0.15) is 0 Å². The van der Waals surface area contributed by atoms with Gasteiger partial charge in [-0.05, 0) is 18.4 Å². The largest absolute Gasteiger partial charge is 0.454 e. The van der Waals surface area contributed by atoms with Crippen molar-refractivity contribution in [3.8, 4) is 0 Å². The van der Waals surface area contributed by atoms with Crippen molar-refractivity contribution < 1.29 is 23.9 Å². The number of fused-ring (bicyclic) bond motifs is 1. The van der Waals surface area contributed by atoms with Gasteiger partial charge in [-0.25, -0.2) is 4.79 Å². The number of ether oxygens (including phenoxy) is 1. The Bertz CT molecular complexity index is 1120. The lowest BCUT2D eigenvalue weighted by atomic mass is 10.0. The first-order chi connectivity index (χ1) is 16.0. The molecule has 34 heavy (non-hydrogen) atoms. The summed E-state index contributed by atoms with van der Waals surface area (Å²) in [5.74, 6) is -3.74. The molecule has 1 aliphatic rings. The highest BCUT2D eigenvalue weighted by atomic mass is 35.5. The van der Waals surface area contributed by atoms with Gasteiger partial charge in [0.15, 0.2) is 6.61 Å². The van der Waals surface area contributed by atoms with Crippen LogP contribution in [0.2, 0.25) is 20.1 Å². The van der Waals surface area contributed by atoms with E-state index in [1.54, 1.807) is 20.8 Å². The summed E-state index contributed by atoms with van der Waals surface area (Å²) in [4.78, 5) is 52.2. The van der Waals surface area contributed by atoms with Crippen LogP contribution in [0.15, 0.2) is 30.3 Å². The topological polar surface area (TPSA) is 92.8 Å². The van der Waals surface area contributed by atoms with Gasteiger partial charge in [0.1, 0.15) is 6.04 Å². The van der Waals surface area contributed by atoms with E-state index in [1.165, 1.54) is 0 Å². The van der Waals surface area contributed by atoms with Crippen LogP contribution < -0.4 is 5.32 Å². The molecule has 0 saturated heterocycles. The summed E-state index contributed by atoms with van der Waals surface area (Å²) in [6, 6.07) is 7.58. The maximum Gasteiger partial charge on any atom is 0.330 e. The average Bonchev–Trinajstić information content (AvgIpc) is 3.05. The van der Waals surface area contributed by atoms with Crippen molar-refractivity contribution in [3.05, 3.63) is 67.1 Å². The summed E-state index contributed by atoms with van der Waals surface area (Å²) in [7, 11) is 0. The van der Waals surface area contributed by atoms with E-state index in [-0.39, 0.29) is 37.3 Å². The van der Waals surface area contributed by atoms with Gasteiger partial charge < -0.3 is 10.1 Å². The first kappa shape index (κ1) is 26.3. The minimum absolute atomic E-state index is 0.178. The molecule has 11 heteroatoms. The number of halogens is 4. The van der Waals surface area contributed by atoms with Crippen LogP contribution in [0, 0.1) is 5.92 Å². The number of rotatable bonds is 7. The van der Waals surface area contributed by atoms with E-state index >= 15 is 0 Å². The van der Waals surface area contributed by atoms with E-state index < -0.39 is 42.3 Å². The first-order valence-electron chi connectivity index (χ1n) is 10.2. The van der Waals surface area contributed by atoms with Gasteiger partial charge in [-0.15, -0.1) is 0 Å². The highest BCUT2D eigenvalue weighted by molar-refractivity contribution is 6.55. The molecule has 0 fully saturated rings. The van der Waals surface area contributed by atoms with Crippen molar-refractivity contribution in [1.29, 1.82) is 0 Å². The molecule has 1 heterocycles. The summed E-state index contributed by atoms with van der Waals surface area (Å²) in [6.45, 7) is 4.43. The Balaban J connectivity index is 1.77. The van der Waals surface area contributed by atoms with Crippen LogP contribution in [-0.4, -0.2) is 41.2 Å². The van der Waals surface area contributed by atoms with E-state index in [0.29, 0.717) is 4.90 Å². The van der Waals surface area contributed by atoms with Gasteiger partial charge in [0.2, 0.25) is 0 Å². The van der Waals surface area contributed by atoms with Gasteiger partial charge in [-0.1, -0.05) is 90.6 Å². The molecule has 0 bridgehead atoms. The summed E-state index contributed by atoms with van der Waals surface area (Å²) in [5, 5.41) is 1.89. The number of imide groups is 1. The molecule has 0 spiro atoms. The smallest absolute Gasteiger partial charge is 0.330 e. The fourth-order valence-electron chi connectivity index (χ4n) is 3.63. The summed E-state index contributed by atoms with van der Waals surface area (Å²) < 4.78 is 5.16. The number of amides is 3. The zero-order chi connectivity index (χ0) is 25.3. The summed E-state index contributed by atoms with van der Waals surface area (Å²) >= 11 is 24.4. The van der Waals surface area contributed by atoms with Crippen molar-refractivity contribution in [2.45, 2.75) is 32.9 Å². The van der Waals surface area contributed by atoms with E-state index in [2.05, 4.69) is 5.32 Å². The molecule has 0 saturated carbocycles. The fourth-order valence-corrected chi connectivity index (χ4v) is 4.64. The summed E-state index contributed by atoms with van der Waals surface area (Å²) in [5.41, 5.74) is 0.400. The third-order valence-corrected chi connectivity index (χ3v) is 7.11. The van der Waals surface area contributed by atoms with Crippen molar-refractivity contribution in [1.82, 2.24) is 10.2 Å². The Labute approximate surface area is 216 Å². The number of carbonyl (C=O) groups excluding carboxylic acids is 4. The molecule has 1 aliphatic heterocycles. The fraction of sp³-hybridized carbons (Fsp3) is 0.304. The van der Waals surface area contributed by atoms with Crippen molar-refractivity contribution in [2.24, 2.45) is 5.92 Å². The Hall–Kier alpha value is -2.32. The average molecular weight is 546 g/mol. The second kappa shape index (κ2) is 10.5. The standard InChI is InChI=1S/C23H20Cl4N2O5/c1-10(2)20(23(33)34-9-13(30)28-11(3)12-7-5-4-6-8-12)29-21(31)14-15(22(29)32)17(25)19(27)18(26)16(14)24/h4-8,10-11,20H,9H2,1-3H3,(H,28,30)/t11-,20-/m0/s1. The van der Waals surface area contributed by atoms with E-state index in [1.807, 2.05) is 30.3 Å². The maximum absolute atomic E-state index is 13.1. The normalized spacial score (nSPS) is 14.8. The summed E-state index contributed by atoms with van der Waals surface area (Å²) in [6.07, 6.45) is 0. The van der Waals surface area contributed by atoms with Crippen LogP contribution in [0.5, 0.6) is 0 Å². The Morgan fingerprint density at radius 3 is 1.85 bits per heavy atom. The first-order valence-corrected chi connectivity index (χ1v) is 11.7. The van der Waals surface area contributed by atoms with Gasteiger partial charge in [0, 0.05) is 0 Å². The van der Waals surface area contributed by atoms with Crippen LogP contribution in [0.1, 0.15) is 53.1 Å². The van der Waals surface area contributed by atoms with Crippen molar-refractivity contribution >= 4 is 70.1 Å². The molecule has 0 aromatic heterocycles. The van der Waals surface area contributed by atoms with Gasteiger partial charge in [-0.3, -0.25) is 19.3 Å². The zero-order valence-corrected chi connectivity index (χ0v) is 21.3. The molecule has 0 unspecified atom stereocenters. The lowest BCUT2D eigenvalue weighted by molar-refractivity contribution is -0.153. The molecule has 2 aromatic carbocycles. The third-order valence-electron chi connectivity index (χ3n) is 5.31. The highest BCUT2D eigenvalue weighted by Crippen LogP contribution is 2.45. The molecule has 7 nitrogen and oxygen atoms in total. The van der Waals surface area contributed by atoms with Crippen molar-refractivity contribution in [3.63, 3.8) is 0 Å². The highest BCUT2D eigenvalue weighted by Gasteiger charge is 2.48. The predicted octanol–water partition coefficient (Wildman–Crippen LogP) is 5.34. The quantitative estimate of drug-likeness (QED) is 0.219. The van der Waals surface area contributed by atoms with Crippen LogP contribution in [-0.2, 0) is 14.3 Å². The van der Waals surface area contributed by atoms with Crippen LogP contribution in [0.25, 0.3) is 0 Å². The lowest BCUT2D eigenvalue weighted by Gasteiger charge is -2.27. The van der Waals surface area contributed by atoms with E-state index in [9.17, 15) is 19.2 Å². The number of benzene rings is 2. The molecular formula is C23H20Cl4N2O5. The number of nitrogens with zero attached hydrogens (tertiary/aromatic N) is 1.